The smallest absolute Gasteiger partial charge is 0.303 e. The van der Waals surface area contributed by atoms with E-state index >= 15 is 0 Å². The number of carbonyl (C=O) groups excluding carboxylic acids is 1. The van der Waals surface area contributed by atoms with E-state index in [0.717, 1.165) is 6.92 Å². The second-order valence-electron chi connectivity index (χ2n) is 6.23. The molecule has 9 heteroatoms. The lowest BCUT2D eigenvalue weighted by Gasteiger charge is -2.13. The summed E-state index contributed by atoms with van der Waals surface area (Å²) in [4.78, 5) is 23.4. The summed E-state index contributed by atoms with van der Waals surface area (Å²) in [5.74, 6) is -3.48. The van der Waals surface area contributed by atoms with Gasteiger partial charge in [-0.2, -0.15) is 8.78 Å². The first kappa shape index (κ1) is 18.8. The molecule has 3 aromatic heterocycles. The van der Waals surface area contributed by atoms with Crippen LogP contribution in [0.1, 0.15) is 37.9 Å². The van der Waals surface area contributed by atoms with Gasteiger partial charge in [0.2, 0.25) is 11.7 Å². The molecule has 3 rings (SSSR count). The Morgan fingerprint density at radius 2 is 2.07 bits per heavy atom. The number of aromatic nitrogens is 4. The number of carbonyl (C=O) groups is 1. The quantitative estimate of drug-likeness (QED) is 0.715. The largest absolute Gasteiger partial charge is 0.392 e. The molecule has 0 bridgehead atoms. The molecule has 0 unspecified atom stereocenters. The van der Waals surface area contributed by atoms with Crippen LogP contribution in [-0.4, -0.2) is 30.5 Å². The van der Waals surface area contributed by atoms with Crippen LogP contribution in [0.25, 0.3) is 16.7 Å². The van der Waals surface area contributed by atoms with E-state index < -0.39 is 11.7 Å². The summed E-state index contributed by atoms with van der Waals surface area (Å²) >= 11 is 0. The molecule has 0 atom stereocenters. The summed E-state index contributed by atoms with van der Waals surface area (Å²) < 4.78 is 29.2. The molecule has 2 N–H and O–H groups in total. The number of aryl methyl sites for hydroxylation is 1. The van der Waals surface area contributed by atoms with Crippen LogP contribution >= 0.6 is 0 Å². The third-order valence-corrected chi connectivity index (χ3v) is 4.01. The van der Waals surface area contributed by atoms with Crippen molar-refractivity contribution in [3.8, 4) is 5.82 Å². The van der Waals surface area contributed by atoms with Gasteiger partial charge in [0.25, 0.3) is 0 Å². The van der Waals surface area contributed by atoms with Gasteiger partial charge in [-0.05, 0) is 6.42 Å². The Kier molecular flexibility index (Phi) is 4.88. The Hall–Kier alpha value is -2.94. The summed E-state index contributed by atoms with van der Waals surface area (Å²) in [6, 6.07) is 3.22. The molecule has 0 aliphatic carbocycles. The SMILES string of the molecule is CCc1cc(-n2cc(CO)c3cnc(NC(C)=O)cc32)nc(C(C)(F)F)n1. The third-order valence-electron chi connectivity index (χ3n) is 4.01. The van der Waals surface area contributed by atoms with Gasteiger partial charge in [-0.1, -0.05) is 6.92 Å². The van der Waals surface area contributed by atoms with E-state index in [1.807, 2.05) is 6.92 Å². The number of nitrogens with zero attached hydrogens (tertiary/aromatic N) is 4. The van der Waals surface area contributed by atoms with Crippen LogP contribution < -0.4 is 5.32 Å². The Morgan fingerprint density at radius 3 is 2.67 bits per heavy atom. The van der Waals surface area contributed by atoms with Crippen molar-refractivity contribution in [1.82, 2.24) is 19.5 Å². The Labute approximate surface area is 154 Å². The fraction of sp³-hybridized carbons (Fsp3) is 0.333. The van der Waals surface area contributed by atoms with Crippen molar-refractivity contribution >= 4 is 22.6 Å². The number of aliphatic hydroxyl groups is 1. The Bertz CT molecular complexity index is 1010. The van der Waals surface area contributed by atoms with Crippen molar-refractivity contribution in [2.24, 2.45) is 0 Å². The number of aliphatic hydroxyl groups excluding tert-OH is 1. The monoisotopic (exact) mass is 375 g/mol. The van der Waals surface area contributed by atoms with Crippen LogP contribution in [0, 0.1) is 0 Å². The molecule has 0 aliphatic rings. The Morgan fingerprint density at radius 1 is 1.33 bits per heavy atom. The Balaban J connectivity index is 2.25. The van der Waals surface area contributed by atoms with Gasteiger partial charge in [-0.15, -0.1) is 0 Å². The van der Waals surface area contributed by atoms with Crippen LogP contribution in [0.3, 0.4) is 0 Å². The van der Waals surface area contributed by atoms with Gasteiger partial charge in [0.05, 0.1) is 12.1 Å². The third kappa shape index (κ3) is 3.77. The van der Waals surface area contributed by atoms with Gasteiger partial charge in [-0.3, -0.25) is 4.79 Å². The van der Waals surface area contributed by atoms with Crippen molar-refractivity contribution in [2.45, 2.75) is 39.7 Å². The topological polar surface area (TPSA) is 92.9 Å². The minimum Gasteiger partial charge on any atom is -0.392 e. The minimum absolute atomic E-state index is 0.253. The molecule has 0 saturated heterocycles. The maximum absolute atomic E-state index is 13.8. The second kappa shape index (κ2) is 6.99. The predicted molar refractivity (Wildman–Crippen MR) is 95.8 cm³/mol. The summed E-state index contributed by atoms with van der Waals surface area (Å²) in [5.41, 5.74) is 1.61. The van der Waals surface area contributed by atoms with Crippen molar-refractivity contribution in [3.05, 3.63) is 41.6 Å². The summed E-state index contributed by atoms with van der Waals surface area (Å²) in [7, 11) is 0. The highest BCUT2D eigenvalue weighted by molar-refractivity contribution is 5.92. The number of halogens is 2. The zero-order valence-electron chi connectivity index (χ0n) is 15.1. The second-order valence-corrected chi connectivity index (χ2v) is 6.23. The fourth-order valence-electron chi connectivity index (χ4n) is 2.73. The zero-order valence-corrected chi connectivity index (χ0v) is 15.1. The molecule has 7 nitrogen and oxygen atoms in total. The molecule has 0 fully saturated rings. The molecule has 27 heavy (non-hydrogen) atoms. The van der Waals surface area contributed by atoms with E-state index in [0.29, 0.717) is 34.4 Å². The van der Waals surface area contributed by atoms with Crippen molar-refractivity contribution in [3.63, 3.8) is 0 Å². The molecule has 0 saturated carbocycles. The predicted octanol–water partition coefficient (Wildman–Crippen LogP) is 2.94. The highest BCUT2D eigenvalue weighted by atomic mass is 19.3. The van der Waals surface area contributed by atoms with Crippen molar-refractivity contribution in [1.29, 1.82) is 0 Å². The molecule has 142 valence electrons. The van der Waals surface area contributed by atoms with E-state index in [-0.39, 0.29) is 18.3 Å². The molecular formula is C18H19F2N5O2. The molecule has 3 aromatic rings. The normalized spacial score (nSPS) is 11.8. The van der Waals surface area contributed by atoms with Crippen LogP contribution in [-0.2, 0) is 23.7 Å². The van der Waals surface area contributed by atoms with Crippen LogP contribution in [0.2, 0.25) is 0 Å². The van der Waals surface area contributed by atoms with E-state index in [1.54, 1.807) is 22.9 Å². The van der Waals surface area contributed by atoms with E-state index in [9.17, 15) is 18.7 Å². The van der Waals surface area contributed by atoms with Crippen LogP contribution in [0.15, 0.2) is 24.5 Å². The fourth-order valence-corrected chi connectivity index (χ4v) is 2.73. The molecule has 0 aromatic carbocycles. The number of hydrogen-bond donors (Lipinski definition) is 2. The first-order valence-corrected chi connectivity index (χ1v) is 8.38. The number of anilines is 1. The maximum atomic E-state index is 13.8. The first-order chi connectivity index (χ1) is 12.7. The molecule has 1 amide bonds. The van der Waals surface area contributed by atoms with E-state index in [2.05, 4.69) is 20.3 Å². The number of hydrogen-bond acceptors (Lipinski definition) is 5. The van der Waals surface area contributed by atoms with Gasteiger partial charge >= 0.3 is 5.92 Å². The average Bonchev–Trinajstić information content (AvgIpc) is 2.98. The number of nitrogens with one attached hydrogen (secondary N) is 1. The number of fused-ring (bicyclic) bond motifs is 1. The number of alkyl halides is 2. The molecule has 3 heterocycles. The van der Waals surface area contributed by atoms with Gasteiger partial charge in [0.1, 0.15) is 11.6 Å². The average molecular weight is 375 g/mol. The zero-order chi connectivity index (χ0) is 19.8. The van der Waals surface area contributed by atoms with E-state index in [1.165, 1.54) is 13.1 Å². The van der Waals surface area contributed by atoms with Gasteiger partial charge in [-0.25, -0.2) is 15.0 Å². The maximum Gasteiger partial charge on any atom is 0.303 e. The molecule has 0 aliphatic heterocycles. The first-order valence-electron chi connectivity index (χ1n) is 8.38. The standard InChI is InChI=1S/C18H19F2N5O2/c1-4-12-5-16(24-17(23-12)18(3,19)20)25-8-11(9-26)13-7-21-15(6-14(13)25)22-10(2)27/h5-8,26H,4,9H2,1-3H3,(H,21,22,27). The summed E-state index contributed by atoms with van der Waals surface area (Å²) in [6.07, 6.45) is 3.59. The number of rotatable bonds is 5. The highest BCUT2D eigenvalue weighted by Gasteiger charge is 2.29. The van der Waals surface area contributed by atoms with Crippen LogP contribution in [0.5, 0.6) is 0 Å². The van der Waals surface area contributed by atoms with Crippen molar-refractivity contribution in [2.75, 3.05) is 5.32 Å². The number of pyridine rings is 1. The van der Waals surface area contributed by atoms with Gasteiger partial charge in [0, 0.05) is 55.0 Å². The highest BCUT2D eigenvalue weighted by Crippen LogP contribution is 2.29. The lowest BCUT2D eigenvalue weighted by molar-refractivity contribution is -0.114. The number of amides is 1. The van der Waals surface area contributed by atoms with E-state index in [4.69, 9.17) is 0 Å². The lowest BCUT2D eigenvalue weighted by atomic mass is 10.2. The molecule has 0 spiro atoms. The van der Waals surface area contributed by atoms with Gasteiger partial charge in [0.15, 0.2) is 0 Å². The minimum atomic E-state index is -3.19. The van der Waals surface area contributed by atoms with Gasteiger partial charge < -0.3 is 15.0 Å². The lowest BCUT2D eigenvalue weighted by Crippen LogP contribution is -2.16. The van der Waals surface area contributed by atoms with Crippen molar-refractivity contribution < 1.29 is 18.7 Å². The summed E-state index contributed by atoms with van der Waals surface area (Å²) in [6.45, 7) is 3.66. The summed E-state index contributed by atoms with van der Waals surface area (Å²) in [5, 5.41) is 12.8. The molecule has 0 radical (unpaired) electrons. The molecular weight excluding hydrogens is 356 g/mol. The van der Waals surface area contributed by atoms with Crippen LogP contribution in [0.4, 0.5) is 14.6 Å².